The minimum absolute atomic E-state index is 0.801. The van der Waals surface area contributed by atoms with Crippen LogP contribution in [-0.4, -0.2) is 42.4 Å². The Hall–Kier alpha value is -1.81. The first-order valence-corrected chi connectivity index (χ1v) is 8.30. The van der Waals surface area contributed by atoms with Gasteiger partial charge in [-0.25, -0.2) is 0 Å². The summed E-state index contributed by atoms with van der Waals surface area (Å²) in [4.78, 5) is 6.83. The molecular weight excluding hydrogens is 274 g/mol. The number of benzene rings is 1. The average Bonchev–Trinajstić information content (AvgIpc) is 2.56. The Balaban J connectivity index is 1.74. The van der Waals surface area contributed by atoms with Crippen molar-refractivity contribution in [2.45, 2.75) is 25.7 Å². The van der Waals surface area contributed by atoms with Gasteiger partial charge in [0, 0.05) is 31.3 Å². The van der Waals surface area contributed by atoms with Crippen molar-refractivity contribution in [1.82, 2.24) is 10.2 Å². The standard InChI is InChI=1S/C18H25N3O/c22-14-18-16-4-1-2-5-17(16)20-9-3-12-21(18)13-8-15-6-10-19-11-7-15/h1-2,4-5,9,14-15,19,22H,3,6-8,10-13H2/b18-14-,20-9?. The molecule has 2 heterocycles. The highest BCUT2D eigenvalue weighted by molar-refractivity contribution is 5.77. The summed E-state index contributed by atoms with van der Waals surface area (Å²) < 4.78 is 0. The largest absolute Gasteiger partial charge is 0.513 e. The quantitative estimate of drug-likeness (QED) is 0.842. The number of hydrogen-bond donors (Lipinski definition) is 2. The Bertz CT molecular complexity index is 547. The molecule has 2 aliphatic heterocycles. The zero-order valence-corrected chi connectivity index (χ0v) is 13.0. The highest BCUT2D eigenvalue weighted by Gasteiger charge is 2.19. The van der Waals surface area contributed by atoms with E-state index in [4.69, 9.17) is 0 Å². The van der Waals surface area contributed by atoms with Gasteiger partial charge in [-0.2, -0.15) is 0 Å². The number of aliphatic hydroxyl groups excluding tert-OH is 1. The molecule has 1 aromatic rings. The van der Waals surface area contributed by atoms with E-state index < -0.39 is 0 Å². The van der Waals surface area contributed by atoms with Gasteiger partial charge in [0.25, 0.3) is 0 Å². The molecule has 1 saturated heterocycles. The Morgan fingerprint density at radius 3 is 2.91 bits per heavy atom. The normalized spacial score (nSPS) is 21.5. The number of nitrogens with zero attached hydrogens (tertiary/aromatic N) is 2. The third-order valence-corrected chi connectivity index (χ3v) is 4.67. The molecule has 0 aliphatic carbocycles. The van der Waals surface area contributed by atoms with Crippen LogP contribution in [0.25, 0.3) is 5.70 Å². The number of aliphatic imine (C=N–C) groups is 1. The molecule has 22 heavy (non-hydrogen) atoms. The summed E-state index contributed by atoms with van der Waals surface area (Å²) in [5.41, 5.74) is 2.86. The van der Waals surface area contributed by atoms with E-state index in [9.17, 15) is 5.11 Å². The van der Waals surface area contributed by atoms with E-state index in [-0.39, 0.29) is 0 Å². The molecule has 0 amide bonds. The van der Waals surface area contributed by atoms with Gasteiger partial charge in [-0.3, -0.25) is 4.99 Å². The average molecular weight is 299 g/mol. The lowest BCUT2D eigenvalue weighted by Crippen LogP contribution is -2.31. The van der Waals surface area contributed by atoms with Gasteiger partial charge in [-0.05, 0) is 44.3 Å². The van der Waals surface area contributed by atoms with Crippen molar-refractivity contribution < 1.29 is 5.11 Å². The summed E-state index contributed by atoms with van der Waals surface area (Å²) in [6, 6.07) is 8.04. The maximum Gasteiger partial charge on any atom is 0.103 e. The monoisotopic (exact) mass is 299 g/mol. The Labute approximate surface area is 132 Å². The van der Waals surface area contributed by atoms with Gasteiger partial charge in [0.15, 0.2) is 0 Å². The minimum Gasteiger partial charge on any atom is -0.513 e. The molecule has 1 fully saturated rings. The van der Waals surface area contributed by atoms with Crippen LogP contribution in [0.4, 0.5) is 5.69 Å². The maximum atomic E-state index is 9.80. The molecule has 118 valence electrons. The second-order valence-corrected chi connectivity index (χ2v) is 6.10. The third-order valence-electron chi connectivity index (χ3n) is 4.67. The molecule has 0 saturated carbocycles. The number of hydrogen-bond acceptors (Lipinski definition) is 4. The number of para-hydroxylation sites is 1. The first kappa shape index (κ1) is 15.1. The van der Waals surface area contributed by atoms with E-state index in [1.165, 1.54) is 25.5 Å². The van der Waals surface area contributed by atoms with Crippen molar-refractivity contribution >= 4 is 17.6 Å². The lowest BCUT2D eigenvalue weighted by molar-refractivity contribution is 0.299. The zero-order chi connectivity index (χ0) is 15.2. The Kier molecular flexibility index (Phi) is 5.11. The van der Waals surface area contributed by atoms with Gasteiger partial charge in [0.2, 0.25) is 0 Å². The van der Waals surface area contributed by atoms with Gasteiger partial charge >= 0.3 is 0 Å². The van der Waals surface area contributed by atoms with Crippen LogP contribution < -0.4 is 5.32 Å². The van der Waals surface area contributed by atoms with Gasteiger partial charge in [-0.15, -0.1) is 0 Å². The van der Waals surface area contributed by atoms with Crippen LogP contribution in [0.15, 0.2) is 35.5 Å². The molecular formula is C18H25N3O. The van der Waals surface area contributed by atoms with Crippen molar-refractivity contribution in [3.8, 4) is 0 Å². The van der Waals surface area contributed by atoms with Crippen molar-refractivity contribution in [1.29, 1.82) is 0 Å². The molecule has 2 aliphatic rings. The summed E-state index contributed by atoms with van der Waals surface area (Å²) in [7, 11) is 0. The van der Waals surface area contributed by atoms with Gasteiger partial charge < -0.3 is 15.3 Å². The van der Waals surface area contributed by atoms with Gasteiger partial charge in [-0.1, -0.05) is 18.2 Å². The minimum atomic E-state index is 0.801. The predicted octanol–water partition coefficient (Wildman–Crippen LogP) is 3.34. The first-order valence-electron chi connectivity index (χ1n) is 8.30. The second-order valence-electron chi connectivity index (χ2n) is 6.10. The topological polar surface area (TPSA) is 47.9 Å². The summed E-state index contributed by atoms with van der Waals surface area (Å²) in [6.07, 6.45) is 7.89. The lowest BCUT2D eigenvalue weighted by atomic mass is 9.94. The first-order chi connectivity index (χ1) is 10.9. The number of nitrogens with one attached hydrogen (secondary N) is 1. The molecule has 0 aromatic heterocycles. The van der Waals surface area contributed by atoms with Crippen LogP contribution in [0, 0.1) is 5.92 Å². The number of rotatable bonds is 3. The molecule has 1 aromatic carbocycles. The second kappa shape index (κ2) is 7.45. The summed E-state index contributed by atoms with van der Waals surface area (Å²) >= 11 is 0. The van der Waals surface area contributed by atoms with Crippen LogP contribution >= 0.6 is 0 Å². The van der Waals surface area contributed by atoms with Crippen LogP contribution in [0.5, 0.6) is 0 Å². The highest BCUT2D eigenvalue weighted by Crippen LogP contribution is 2.30. The number of piperidine rings is 1. The fourth-order valence-corrected chi connectivity index (χ4v) is 3.36. The number of aliphatic hydroxyl groups is 1. The fourth-order valence-electron chi connectivity index (χ4n) is 3.36. The van der Waals surface area contributed by atoms with E-state index in [0.717, 1.165) is 55.5 Å². The van der Waals surface area contributed by atoms with Crippen LogP contribution in [0.1, 0.15) is 31.2 Å². The van der Waals surface area contributed by atoms with E-state index in [0.29, 0.717) is 0 Å². The van der Waals surface area contributed by atoms with Crippen LogP contribution in [0.3, 0.4) is 0 Å². The molecule has 3 rings (SSSR count). The van der Waals surface area contributed by atoms with Gasteiger partial charge in [0.1, 0.15) is 6.26 Å². The van der Waals surface area contributed by atoms with Crippen molar-refractivity contribution in [2.75, 3.05) is 26.2 Å². The maximum absolute atomic E-state index is 9.80. The summed E-state index contributed by atoms with van der Waals surface area (Å²) in [6.45, 7) is 4.19. The molecule has 0 atom stereocenters. The summed E-state index contributed by atoms with van der Waals surface area (Å²) in [5.74, 6) is 0.801. The zero-order valence-electron chi connectivity index (χ0n) is 13.0. The highest BCUT2D eigenvalue weighted by atomic mass is 16.2. The molecule has 0 spiro atoms. The van der Waals surface area contributed by atoms with Crippen molar-refractivity contribution in [3.63, 3.8) is 0 Å². The molecule has 4 heteroatoms. The van der Waals surface area contributed by atoms with Crippen LogP contribution in [0.2, 0.25) is 0 Å². The third kappa shape index (κ3) is 3.50. The van der Waals surface area contributed by atoms with E-state index >= 15 is 0 Å². The molecule has 4 nitrogen and oxygen atoms in total. The van der Waals surface area contributed by atoms with Crippen molar-refractivity contribution in [2.24, 2.45) is 10.9 Å². The predicted molar refractivity (Wildman–Crippen MR) is 91.6 cm³/mol. The van der Waals surface area contributed by atoms with E-state index in [2.05, 4.69) is 15.2 Å². The Morgan fingerprint density at radius 1 is 1.27 bits per heavy atom. The SMILES string of the molecule is O/C=C1/c2ccccc2N=CCCN1CCC1CCNCC1. The van der Waals surface area contributed by atoms with Gasteiger partial charge in [0.05, 0.1) is 11.4 Å². The molecule has 2 N–H and O–H groups in total. The smallest absolute Gasteiger partial charge is 0.103 e. The molecule has 0 radical (unpaired) electrons. The molecule has 0 unspecified atom stereocenters. The Morgan fingerprint density at radius 2 is 2.09 bits per heavy atom. The lowest BCUT2D eigenvalue weighted by Gasteiger charge is -2.31. The van der Waals surface area contributed by atoms with Crippen molar-refractivity contribution in [3.05, 3.63) is 36.1 Å². The fraction of sp³-hybridized carbons (Fsp3) is 0.500. The number of fused-ring (bicyclic) bond motifs is 1. The van der Waals surface area contributed by atoms with E-state index in [1.54, 1.807) is 0 Å². The molecule has 0 bridgehead atoms. The summed E-state index contributed by atoms with van der Waals surface area (Å²) in [5, 5.41) is 13.2. The van der Waals surface area contributed by atoms with Crippen LogP contribution in [-0.2, 0) is 0 Å². The van der Waals surface area contributed by atoms with E-state index in [1.807, 2.05) is 30.5 Å².